The van der Waals surface area contributed by atoms with Gasteiger partial charge in [-0.1, -0.05) is 18.2 Å². The second-order valence-electron chi connectivity index (χ2n) is 6.87. The number of carbonyl (C=O) groups is 2. The predicted octanol–water partition coefficient (Wildman–Crippen LogP) is 3.45. The molecule has 150 valence electrons. The Morgan fingerprint density at radius 1 is 1.21 bits per heavy atom. The van der Waals surface area contributed by atoms with E-state index in [2.05, 4.69) is 9.55 Å². The second kappa shape index (κ2) is 8.29. The molecule has 0 bridgehead atoms. The minimum atomic E-state index is -0.541. The molecule has 29 heavy (non-hydrogen) atoms. The molecule has 6 nitrogen and oxygen atoms in total. The van der Waals surface area contributed by atoms with Gasteiger partial charge in [-0.2, -0.15) is 11.8 Å². The lowest BCUT2D eigenvalue weighted by Crippen LogP contribution is -2.51. The lowest BCUT2D eigenvalue weighted by Gasteiger charge is -2.33. The van der Waals surface area contributed by atoms with Gasteiger partial charge in [0.15, 0.2) is 0 Å². The van der Waals surface area contributed by atoms with Crippen molar-refractivity contribution in [3.63, 3.8) is 0 Å². The van der Waals surface area contributed by atoms with Crippen LogP contribution in [0.5, 0.6) is 0 Å². The van der Waals surface area contributed by atoms with Gasteiger partial charge in [0.1, 0.15) is 11.9 Å². The van der Waals surface area contributed by atoms with Crippen LogP contribution in [0.15, 0.2) is 48.5 Å². The molecule has 2 aromatic carbocycles. The number of rotatable bonds is 4. The highest BCUT2D eigenvalue weighted by Crippen LogP contribution is 2.25. The highest BCUT2D eigenvalue weighted by molar-refractivity contribution is 7.99. The second-order valence-corrected chi connectivity index (χ2v) is 8.02. The van der Waals surface area contributed by atoms with Crippen LogP contribution in [0.4, 0.5) is 0 Å². The highest BCUT2D eigenvalue weighted by Gasteiger charge is 2.34. The molecule has 0 saturated carbocycles. The third-order valence-corrected chi connectivity index (χ3v) is 6.05. The lowest BCUT2D eigenvalue weighted by atomic mass is 10.1. The zero-order valence-corrected chi connectivity index (χ0v) is 17.3. The van der Waals surface area contributed by atoms with Crippen molar-refractivity contribution < 1.29 is 14.3 Å². The standard InChI is InChI=1S/C22H23N3O3S/c1-3-28-22(27)20-14-29-12-11-24(20)21(26)16-9-10-19-18(13-16)23-15(2)25(19)17-7-5-4-6-8-17/h4-10,13,20H,3,11-12,14H2,1-2H3. The molecule has 0 radical (unpaired) electrons. The number of nitrogens with zero attached hydrogens (tertiary/aromatic N) is 3. The maximum absolute atomic E-state index is 13.2. The molecular weight excluding hydrogens is 386 g/mol. The van der Waals surface area contributed by atoms with E-state index in [4.69, 9.17) is 4.74 Å². The molecular formula is C22H23N3O3S. The van der Waals surface area contributed by atoms with Crippen LogP contribution in [0.1, 0.15) is 23.1 Å². The van der Waals surface area contributed by atoms with Crippen molar-refractivity contribution in [3.8, 4) is 5.69 Å². The number of esters is 1. The van der Waals surface area contributed by atoms with Crippen LogP contribution >= 0.6 is 11.8 Å². The van der Waals surface area contributed by atoms with Gasteiger partial charge in [0.05, 0.1) is 17.6 Å². The van der Waals surface area contributed by atoms with Crippen LogP contribution in [0.25, 0.3) is 16.7 Å². The average molecular weight is 410 g/mol. The number of ether oxygens (including phenoxy) is 1. The van der Waals surface area contributed by atoms with Crippen LogP contribution in [0.2, 0.25) is 0 Å². The van der Waals surface area contributed by atoms with Gasteiger partial charge < -0.3 is 9.64 Å². The van der Waals surface area contributed by atoms with E-state index in [0.717, 1.165) is 28.3 Å². The number of hydrogen-bond acceptors (Lipinski definition) is 5. The van der Waals surface area contributed by atoms with E-state index in [1.54, 1.807) is 23.6 Å². The summed E-state index contributed by atoms with van der Waals surface area (Å²) in [6, 6.07) is 15.0. The van der Waals surface area contributed by atoms with E-state index in [9.17, 15) is 9.59 Å². The summed E-state index contributed by atoms with van der Waals surface area (Å²) in [5.74, 6) is 1.74. The molecule has 0 spiro atoms. The summed E-state index contributed by atoms with van der Waals surface area (Å²) in [5.41, 5.74) is 3.27. The van der Waals surface area contributed by atoms with Crippen LogP contribution in [0, 0.1) is 6.92 Å². The molecule has 1 aliphatic heterocycles. The van der Waals surface area contributed by atoms with Crippen LogP contribution in [-0.2, 0) is 9.53 Å². The van der Waals surface area contributed by atoms with Gasteiger partial charge in [0, 0.05) is 29.3 Å². The Morgan fingerprint density at radius 3 is 2.76 bits per heavy atom. The average Bonchev–Trinajstić information content (AvgIpc) is 3.08. The number of imidazole rings is 1. The van der Waals surface area contributed by atoms with E-state index in [0.29, 0.717) is 24.5 Å². The van der Waals surface area contributed by atoms with E-state index in [1.807, 2.05) is 55.5 Å². The number of benzene rings is 2. The van der Waals surface area contributed by atoms with Gasteiger partial charge in [0.2, 0.25) is 0 Å². The molecule has 1 aromatic heterocycles. The van der Waals surface area contributed by atoms with Crippen molar-refractivity contribution >= 4 is 34.7 Å². The highest BCUT2D eigenvalue weighted by atomic mass is 32.2. The molecule has 0 N–H and O–H groups in total. The summed E-state index contributed by atoms with van der Waals surface area (Å²) in [5, 5.41) is 0. The van der Waals surface area contributed by atoms with Crippen LogP contribution in [-0.4, -0.2) is 57.0 Å². The normalized spacial score (nSPS) is 16.8. The predicted molar refractivity (Wildman–Crippen MR) is 115 cm³/mol. The number of aryl methyl sites for hydroxylation is 1. The fourth-order valence-electron chi connectivity index (χ4n) is 3.68. The summed E-state index contributed by atoms with van der Waals surface area (Å²) in [4.78, 5) is 31.8. The van der Waals surface area contributed by atoms with Gasteiger partial charge >= 0.3 is 5.97 Å². The summed E-state index contributed by atoms with van der Waals surface area (Å²) in [6.07, 6.45) is 0. The number of thioether (sulfide) groups is 1. The summed E-state index contributed by atoms with van der Waals surface area (Å²) in [6.45, 7) is 4.57. The van der Waals surface area contributed by atoms with Crippen molar-refractivity contribution in [1.82, 2.24) is 14.5 Å². The van der Waals surface area contributed by atoms with Crippen molar-refractivity contribution in [3.05, 3.63) is 59.9 Å². The minimum Gasteiger partial charge on any atom is -0.464 e. The van der Waals surface area contributed by atoms with Gasteiger partial charge in [0.25, 0.3) is 5.91 Å². The fourth-order valence-corrected chi connectivity index (χ4v) is 4.71. The Morgan fingerprint density at radius 2 is 2.00 bits per heavy atom. The molecule has 7 heteroatoms. The Kier molecular flexibility index (Phi) is 5.58. The molecule has 1 amide bonds. The number of carbonyl (C=O) groups excluding carboxylic acids is 2. The molecule has 4 rings (SSSR count). The third-order valence-electron chi connectivity index (χ3n) is 5.03. The summed E-state index contributed by atoms with van der Waals surface area (Å²) >= 11 is 1.67. The Bertz CT molecular complexity index is 1050. The van der Waals surface area contributed by atoms with Crippen molar-refractivity contribution in [2.24, 2.45) is 0 Å². The zero-order valence-electron chi connectivity index (χ0n) is 16.5. The molecule has 1 atom stereocenters. The lowest BCUT2D eigenvalue weighted by molar-refractivity contribution is -0.147. The number of aromatic nitrogens is 2. The molecule has 1 unspecified atom stereocenters. The first-order valence-corrected chi connectivity index (χ1v) is 10.9. The quantitative estimate of drug-likeness (QED) is 0.618. The topological polar surface area (TPSA) is 64.4 Å². The van der Waals surface area contributed by atoms with Gasteiger partial charge in [-0.3, -0.25) is 9.36 Å². The molecule has 3 aromatic rings. The number of fused-ring (bicyclic) bond motifs is 1. The molecule has 0 aliphatic carbocycles. The SMILES string of the molecule is CCOC(=O)C1CSCCN1C(=O)c1ccc2c(c1)nc(C)n2-c1ccccc1. The molecule has 1 saturated heterocycles. The minimum absolute atomic E-state index is 0.155. The number of amides is 1. The van der Waals surface area contributed by atoms with Crippen LogP contribution < -0.4 is 0 Å². The summed E-state index contributed by atoms with van der Waals surface area (Å²) < 4.78 is 7.25. The van der Waals surface area contributed by atoms with Gasteiger partial charge in [-0.05, 0) is 44.2 Å². The van der Waals surface area contributed by atoms with Crippen molar-refractivity contribution in [2.45, 2.75) is 19.9 Å². The maximum atomic E-state index is 13.2. The largest absolute Gasteiger partial charge is 0.464 e. The van der Waals surface area contributed by atoms with E-state index in [1.165, 1.54) is 0 Å². The smallest absolute Gasteiger partial charge is 0.329 e. The Hall–Kier alpha value is -2.80. The van der Waals surface area contributed by atoms with Crippen LogP contribution in [0.3, 0.4) is 0 Å². The number of hydrogen-bond donors (Lipinski definition) is 0. The van der Waals surface area contributed by atoms with Crippen molar-refractivity contribution in [2.75, 3.05) is 24.7 Å². The fraction of sp³-hybridized carbons (Fsp3) is 0.318. The monoisotopic (exact) mass is 409 g/mol. The molecule has 2 heterocycles. The summed E-state index contributed by atoms with van der Waals surface area (Å²) in [7, 11) is 0. The Labute approximate surface area is 173 Å². The van der Waals surface area contributed by atoms with Gasteiger partial charge in [-0.25, -0.2) is 9.78 Å². The van der Waals surface area contributed by atoms with E-state index < -0.39 is 6.04 Å². The van der Waals surface area contributed by atoms with Gasteiger partial charge in [-0.15, -0.1) is 0 Å². The maximum Gasteiger partial charge on any atom is 0.329 e. The molecule has 1 fully saturated rings. The zero-order chi connectivity index (χ0) is 20.4. The molecule has 1 aliphatic rings. The van der Waals surface area contributed by atoms with Crippen molar-refractivity contribution in [1.29, 1.82) is 0 Å². The number of para-hydroxylation sites is 1. The first kappa shape index (κ1) is 19.5. The van der Waals surface area contributed by atoms with E-state index >= 15 is 0 Å². The third kappa shape index (κ3) is 3.74. The Balaban J connectivity index is 1.67. The first-order chi connectivity index (χ1) is 14.1. The first-order valence-electron chi connectivity index (χ1n) is 9.70. The van der Waals surface area contributed by atoms with E-state index in [-0.39, 0.29) is 11.9 Å².